The van der Waals surface area contributed by atoms with E-state index in [1.165, 1.54) is 0 Å². The van der Waals surface area contributed by atoms with Crippen LogP contribution < -0.4 is 5.32 Å². The number of nitrogens with zero attached hydrogens (tertiary/aromatic N) is 2. The molecule has 0 fully saturated rings. The van der Waals surface area contributed by atoms with Crippen molar-refractivity contribution in [3.05, 3.63) is 78.1 Å². The number of rotatable bonds is 3. The average molecular weight is 277 g/mol. The quantitative estimate of drug-likeness (QED) is 0.797. The minimum atomic E-state index is -0.130. The lowest BCUT2D eigenvalue weighted by molar-refractivity contribution is 0.102. The van der Waals surface area contributed by atoms with Crippen molar-refractivity contribution in [3.63, 3.8) is 0 Å². The highest BCUT2D eigenvalue weighted by Crippen LogP contribution is 2.14. The molecule has 0 atom stereocenters. The predicted molar refractivity (Wildman–Crippen MR) is 82.7 cm³/mol. The first-order valence-corrected chi connectivity index (χ1v) is 6.70. The second-order valence-electron chi connectivity index (χ2n) is 4.82. The standard InChI is InChI=1S/C17H15N3O/c1-13-5-2-7-15(11-13)19-17(21)14-6-3-8-16(12-14)20-10-4-9-18-20/h2-12H,1H3,(H,19,21). The molecule has 104 valence electrons. The van der Waals surface area contributed by atoms with Gasteiger partial charge in [0.2, 0.25) is 0 Å². The van der Waals surface area contributed by atoms with Crippen molar-refractivity contribution in [2.45, 2.75) is 6.92 Å². The zero-order chi connectivity index (χ0) is 14.7. The molecule has 0 bridgehead atoms. The molecule has 0 radical (unpaired) electrons. The number of hydrogen-bond donors (Lipinski definition) is 1. The van der Waals surface area contributed by atoms with Gasteiger partial charge >= 0.3 is 0 Å². The van der Waals surface area contributed by atoms with Gasteiger partial charge in [0, 0.05) is 23.6 Å². The summed E-state index contributed by atoms with van der Waals surface area (Å²) in [4.78, 5) is 12.3. The molecule has 1 amide bonds. The Morgan fingerprint density at radius 3 is 2.71 bits per heavy atom. The van der Waals surface area contributed by atoms with Crippen LogP contribution >= 0.6 is 0 Å². The highest BCUT2D eigenvalue weighted by atomic mass is 16.1. The first-order chi connectivity index (χ1) is 10.2. The van der Waals surface area contributed by atoms with Crippen molar-refractivity contribution in [1.82, 2.24) is 9.78 Å². The van der Waals surface area contributed by atoms with Gasteiger partial charge in [0.1, 0.15) is 0 Å². The minimum Gasteiger partial charge on any atom is -0.322 e. The van der Waals surface area contributed by atoms with Crippen LogP contribution in [0.15, 0.2) is 67.0 Å². The second-order valence-corrected chi connectivity index (χ2v) is 4.82. The van der Waals surface area contributed by atoms with E-state index in [2.05, 4.69) is 10.4 Å². The molecule has 3 aromatic rings. The van der Waals surface area contributed by atoms with Gasteiger partial charge < -0.3 is 5.32 Å². The summed E-state index contributed by atoms with van der Waals surface area (Å²) >= 11 is 0. The number of anilines is 1. The molecular weight excluding hydrogens is 262 g/mol. The summed E-state index contributed by atoms with van der Waals surface area (Å²) in [6, 6.07) is 16.9. The molecular formula is C17H15N3O. The van der Waals surface area contributed by atoms with Crippen LogP contribution in [0.2, 0.25) is 0 Å². The maximum atomic E-state index is 12.3. The van der Waals surface area contributed by atoms with E-state index in [0.717, 1.165) is 16.9 Å². The van der Waals surface area contributed by atoms with E-state index in [-0.39, 0.29) is 5.91 Å². The summed E-state index contributed by atoms with van der Waals surface area (Å²) in [7, 11) is 0. The molecule has 0 spiro atoms. The van der Waals surface area contributed by atoms with Crippen LogP contribution in [0, 0.1) is 6.92 Å². The van der Waals surface area contributed by atoms with Gasteiger partial charge in [-0.05, 0) is 48.9 Å². The van der Waals surface area contributed by atoms with Crippen LogP contribution in [0.5, 0.6) is 0 Å². The molecule has 1 N–H and O–H groups in total. The molecule has 0 saturated carbocycles. The number of aromatic nitrogens is 2. The fraction of sp³-hybridized carbons (Fsp3) is 0.0588. The summed E-state index contributed by atoms with van der Waals surface area (Å²) < 4.78 is 1.73. The molecule has 4 heteroatoms. The van der Waals surface area contributed by atoms with Gasteiger partial charge in [0.15, 0.2) is 0 Å². The molecule has 1 aromatic heterocycles. The lowest BCUT2D eigenvalue weighted by Crippen LogP contribution is -2.12. The summed E-state index contributed by atoms with van der Waals surface area (Å²) in [5.41, 5.74) is 3.36. The Morgan fingerprint density at radius 2 is 1.95 bits per heavy atom. The number of aryl methyl sites for hydroxylation is 1. The Balaban J connectivity index is 1.83. The number of hydrogen-bond acceptors (Lipinski definition) is 2. The fourth-order valence-electron chi connectivity index (χ4n) is 2.14. The normalized spacial score (nSPS) is 10.3. The van der Waals surface area contributed by atoms with Crippen LogP contribution in [0.3, 0.4) is 0 Å². The van der Waals surface area contributed by atoms with Gasteiger partial charge in [-0.25, -0.2) is 4.68 Å². The zero-order valence-electron chi connectivity index (χ0n) is 11.7. The topological polar surface area (TPSA) is 46.9 Å². The van der Waals surface area contributed by atoms with Crippen molar-refractivity contribution in [2.24, 2.45) is 0 Å². The number of benzene rings is 2. The van der Waals surface area contributed by atoms with Crippen LogP contribution in [-0.4, -0.2) is 15.7 Å². The van der Waals surface area contributed by atoms with Gasteiger partial charge in [-0.15, -0.1) is 0 Å². The minimum absolute atomic E-state index is 0.130. The SMILES string of the molecule is Cc1cccc(NC(=O)c2cccc(-n3cccn3)c2)c1. The highest BCUT2D eigenvalue weighted by molar-refractivity contribution is 6.04. The van der Waals surface area contributed by atoms with Crippen molar-refractivity contribution in [1.29, 1.82) is 0 Å². The Bertz CT molecular complexity index is 763. The van der Waals surface area contributed by atoms with Crippen molar-refractivity contribution in [3.8, 4) is 5.69 Å². The third kappa shape index (κ3) is 3.00. The second kappa shape index (κ2) is 5.63. The maximum Gasteiger partial charge on any atom is 0.255 e. The number of amides is 1. The van der Waals surface area contributed by atoms with E-state index >= 15 is 0 Å². The molecule has 0 saturated heterocycles. The Morgan fingerprint density at radius 1 is 1.10 bits per heavy atom. The Kier molecular flexibility index (Phi) is 3.51. The Hall–Kier alpha value is -2.88. The van der Waals surface area contributed by atoms with Crippen molar-refractivity contribution >= 4 is 11.6 Å². The van der Waals surface area contributed by atoms with Gasteiger partial charge in [-0.2, -0.15) is 5.10 Å². The van der Waals surface area contributed by atoms with Crippen LogP contribution in [0.1, 0.15) is 15.9 Å². The monoisotopic (exact) mass is 277 g/mol. The smallest absolute Gasteiger partial charge is 0.255 e. The summed E-state index contributed by atoms with van der Waals surface area (Å²) in [6.45, 7) is 1.99. The van der Waals surface area contributed by atoms with E-state index in [4.69, 9.17) is 0 Å². The molecule has 2 aromatic carbocycles. The fourth-order valence-corrected chi connectivity index (χ4v) is 2.14. The largest absolute Gasteiger partial charge is 0.322 e. The van der Waals surface area contributed by atoms with Crippen molar-refractivity contribution < 1.29 is 4.79 Å². The molecule has 0 aliphatic carbocycles. The molecule has 3 rings (SSSR count). The molecule has 1 heterocycles. The summed E-state index contributed by atoms with van der Waals surface area (Å²) in [6.07, 6.45) is 3.55. The zero-order valence-corrected chi connectivity index (χ0v) is 11.7. The van der Waals surface area contributed by atoms with Gasteiger partial charge in [0.25, 0.3) is 5.91 Å². The average Bonchev–Trinajstić information content (AvgIpc) is 3.02. The number of carbonyl (C=O) groups is 1. The Labute approximate surface area is 123 Å². The van der Waals surface area contributed by atoms with Crippen LogP contribution in [0.25, 0.3) is 5.69 Å². The van der Waals surface area contributed by atoms with Crippen LogP contribution in [-0.2, 0) is 0 Å². The summed E-state index contributed by atoms with van der Waals surface area (Å²) in [5.74, 6) is -0.130. The lowest BCUT2D eigenvalue weighted by atomic mass is 10.1. The van der Waals surface area contributed by atoms with Gasteiger partial charge in [-0.1, -0.05) is 18.2 Å². The molecule has 4 nitrogen and oxygen atoms in total. The number of carbonyl (C=O) groups excluding carboxylic acids is 1. The van der Waals surface area contributed by atoms with Crippen molar-refractivity contribution in [2.75, 3.05) is 5.32 Å². The van der Waals surface area contributed by atoms with E-state index in [1.807, 2.05) is 61.7 Å². The molecule has 0 aliphatic heterocycles. The molecule has 0 unspecified atom stereocenters. The third-order valence-corrected chi connectivity index (χ3v) is 3.15. The van der Waals surface area contributed by atoms with Crippen LogP contribution in [0.4, 0.5) is 5.69 Å². The first-order valence-electron chi connectivity index (χ1n) is 6.70. The van der Waals surface area contributed by atoms with E-state index in [9.17, 15) is 4.79 Å². The lowest BCUT2D eigenvalue weighted by Gasteiger charge is -2.08. The highest BCUT2D eigenvalue weighted by Gasteiger charge is 2.07. The first kappa shape index (κ1) is 13.1. The van der Waals surface area contributed by atoms with Gasteiger partial charge in [0.05, 0.1) is 5.69 Å². The third-order valence-electron chi connectivity index (χ3n) is 3.15. The number of nitrogens with one attached hydrogen (secondary N) is 1. The molecule has 21 heavy (non-hydrogen) atoms. The van der Waals surface area contributed by atoms with E-state index < -0.39 is 0 Å². The maximum absolute atomic E-state index is 12.3. The van der Waals surface area contributed by atoms with E-state index in [0.29, 0.717) is 5.56 Å². The van der Waals surface area contributed by atoms with Gasteiger partial charge in [-0.3, -0.25) is 4.79 Å². The van der Waals surface area contributed by atoms with E-state index in [1.54, 1.807) is 16.9 Å². The summed E-state index contributed by atoms with van der Waals surface area (Å²) in [5, 5.41) is 7.07. The molecule has 0 aliphatic rings. The predicted octanol–water partition coefficient (Wildman–Crippen LogP) is 3.43.